The largest absolute Gasteiger partial charge is 0.469 e. The molecule has 1 fully saturated rings. The Morgan fingerprint density at radius 2 is 2.05 bits per heavy atom. The molecule has 126 valence electrons. The van der Waals surface area contributed by atoms with E-state index < -0.39 is 16.2 Å². The number of esters is 1. The maximum Gasteiger partial charge on any atom is 0.306 e. The molecule has 0 aliphatic carbocycles. The second-order valence-electron chi connectivity index (χ2n) is 4.91. The third kappa shape index (κ3) is 5.71. The summed E-state index contributed by atoms with van der Waals surface area (Å²) >= 11 is 0. The Bertz CT molecular complexity index is 413. The number of nitrogens with zero attached hydrogens (tertiary/aromatic N) is 2. The predicted molar refractivity (Wildman–Crippen MR) is 83.7 cm³/mol. The zero-order valence-electron chi connectivity index (χ0n) is 12.9. The van der Waals surface area contributed by atoms with Crippen LogP contribution in [-0.2, 0) is 19.7 Å². The summed E-state index contributed by atoms with van der Waals surface area (Å²) in [4.78, 5) is 11.1. The predicted octanol–water partition coefficient (Wildman–Crippen LogP) is 0.222. The van der Waals surface area contributed by atoms with E-state index in [9.17, 15) is 13.2 Å². The quantitative estimate of drug-likeness (QED) is 0.638. The minimum absolute atomic E-state index is 0. The van der Waals surface area contributed by atoms with Crippen molar-refractivity contribution in [3.05, 3.63) is 0 Å². The van der Waals surface area contributed by atoms with E-state index >= 15 is 0 Å². The highest BCUT2D eigenvalue weighted by molar-refractivity contribution is 7.86. The Morgan fingerprint density at radius 1 is 1.38 bits per heavy atom. The molecular weight excluding hydrogens is 318 g/mol. The van der Waals surface area contributed by atoms with Crippen LogP contribution in [0, 0.1) is 0 Å². The molecule has 1 aliphatic rings. The molecule has 7 nitrogen and oxygen atoms in total. The van der Waals surface area contributed by atoms with E-state index in [1.54, 1.807) is 4.31 Å². The smallest absolute Gasteiger partial charge is 0.306 e. The number of methoxy groups -OCH3 is 1. The second-order valence-corrected chi connectivity index (χ2v) is 6.90. The summed E-state index contributed by atoms with van der Waals surface area (Å²) in [5.74, 6) is -0.406. The summed E-state index contributed by atoms with van der Waals surface area (Å²) in [6.45, 7) is 4.11. The lowest BCUT2D eigenvalue weighted by atomic mass is 10.2. The first-order chi connectivity index (χ1) is 9.43. The summed E-state index contributed by atoms with van der Waals surface area (Å²) in [7, 11) is -0.732. The van der Waals surface area contributed by atoms with Gasteiger partial charge in [0.1, 0.15) is 0 Å². The van der Waals surface area contributed by atoms with Gasteiger partial charge in [-0.25, -0.2) is 0 Å². The van der Waals surface area contributed by atoms with Crippen molar-refractivity contribution in [1.29, 1.82) is 0 Å². The molecule has 1 rings (SSSR count). The number of ether oxygens (including phenoxy) is 1. The highest BCUT2D eigenvalue weighted by atomic mass is 35.5. The summed E-state index contributed by atoms with van der Waals surface area (Å²) in [5.41, 5.74) is 0. The van der Waals surface area contributed by atoms with Gasteiger partial charge in [-0.2, -0.15) is 17.0 Å². The van der Waals surface area contributed by atoms with E-state index in [1.165, 1.54) is 18.5 Å². The first kappa shape index (κ1) is 20.6. The van der Waals surface area contributed by atoms with Crippen LogP contribution in [0.15, 0.2) is 0 Å². The fourth-order valence-electron chi connectivity index (χ4n) is 2.24. The number of rotatable bonds is 8. The van der Waals surface area contributed by atoms with E-state index in [0.29, 0.717) is 13.1 Å². The van der Waals surface area contributed by atoms with Crippen LogP contribution in [0.25, 0.3) is 0 Å². The van der Waals surface area contributed by atoms with Crippen LogP contribution in [0.3, 0.4) is 0 Å². The maximum atomic E-state index is 12.6. The van der Waals surface area contributed by atoms with Gasteiger partial charge in [-0.05, 0) is 19.4 Å². The lowest BCUT2D eigenvalue weighted by Crippen LogP contribution is -2.48. The van der Waals surface area contributed by atoms with E-state index in [-0.39, 0.29) is 31.4 Å². The van der Waals surface area contributed by atoms with Crippen molar-refractivity contribution in [1.82, 2.24) is 13.9 Å². The minimum atomic E-state index is -3.53. The van der Waals surface area contributed by atoms with Crippen molar-refractivity contribution in [3.8, 4) is 0 Å². The maximum absolute atomic E-state index is 12.6. The van der Waals surface area contributed by atoms with Gasteiger partial charge in [0.05, 0.1) is 13.5 Å². The summed E-state index contributed by atoms with van der Waals surface area (Å²) in [6, 6.07) is 0.000488. The molecule has 0 radical (unpaired) electrons. The third-order valence-electron chi connectivity index (χ3n) is 3.43. The molecule has 1 atom stereocenters. The topological polar surface area (TPSA) is 79.0 Å². The number of halogens is 1. The van der Waals surface area contributed by atoms with E-state index in [2.05, 4.69) is 10.1 Å². The van der Waals surface area contributed by atoms with Gasteiger partial charge in [-0.15, -0.1) is 12.4 Å². The van der Waals surface area contributed by atoms with Gasteiger partial charge in [-0.3, -0.25) is 4.79 Å². The van der Waals surface area contributed by atoms with Crippen LogP contribution in [-0.4, -0.2) is 69.4 Å². The molecule has 0 aromatic heterocycles. The summed E-state index contributed by atoms with van der Waals surface area (Å²) < 4.78 is 32.5. The van der Waals surface area contributed by atoms with Gasteiger partial charge in [-0.1, -0.05) is 6.92 Å². The van der Waals surface area contributed by atoms with E-state index in [1.807, 2.05) is 6.92 Å². The van der Waals surface area contributed by atoms with Crippen molar-refractivity contribution < 1.29 is 17.9 Å². The fourth-order valence-corrected chi connectivity index (χ4v) is 3.89. The second kappa shape index (κ2) is 9.58. The Hall–Kier alpha value is -0.410. The van der Waals surface area contributed by atoms with Crippen LogP contribution >= 0.6 is 12.4 Å². The molecule has 21 heavy (non-hydrogen) atoms. The van der Waals surface area contributed by atoms with Crippen LogP contribution in [0.2, 0.25) is 0 Å². The Labute approximate surface area is 133 Å². The zero-order chi connectivity index (χ0) is 15.2. The van der Waals surface area contributed by atoms with E-state index in [4.69, 9.17) is 0 Å². The average Bonchev–Trinajstić information content (AvgIpc) is 2.94. The van der Waals surface area contributed by atoms with Crippen LogP contribution in [0.1, 0.15) is 26.2 Å². The minimum Gasteiger partial charge on any atom is -0.469 e. The molecule has 0 aromatic rings. The number of carbonyl (C=O) groups excluding carboxylic acids is 1. The van der Waals surface area contributed by atoms with Crippen LogP contribution in [0.4, 0.5) is 0 Å². The number of hydrogen-bond acceptors (Lipinski definition) is 5. The van der Waals surface area contributed by atoms with Gasteiger partial charge in [0.25, 0.3) is 10.2 Å². The molecule has 1 unspecified atom stereocenters. The fraction of sp³-hybridized carbons (Fsp3) is 0.917. The van der Waals surface area contributed by atoms with Crippen molar-refractivity contribution in [2.45, 2.75) is 32.2 Å². The third-order valence-corrected chi connectivity index (χ3v) is 5.48. The molecule has 0 aromatic carbocycles. The normalized spacial score (nSPS) is 18.8. The van der Waals surface area contributed by atoms with Crippen molar-refractivity contribution in [3.63, 3.8) is 0 Å². The molecule has 1 N–H and O–H groups in total. The molecule has 0 amide bonds. The molecule has 1 saturated heterocycles. The molecular formula is C12H26ClN3O4S. The number of nitrogens with one attached hydrogen (secondary N) is 1. The molecule has 1 aliphatic heterocycles. The zero-order valence-corrected chi connectivity index (χ0v) is 14.5. The van der Waals surface area contributed by atoms with E-state index in [0.717, 1.165) is 19.4 Å². The lowest BCUT2D eigenvalue weighted by Gasteiger charge is -2.31. The number of carbonyl (C=O) groups is 1. The van der Waals surface area contributed by atoms with Gasteiger partial charge in [0, 0.05) is 32.7 Å². The first-order valence-electron chi connectivity index (χ1n) is 6.94. The van der Waals surface area contributed by atoms with Crippen LogP contribution < -0.4 is 5.32 Å². The Morgan fingerprint density at radius 3 is 2.52 bits per heavy atom. The van der Waals surface area contributed by atoms with Gasteiger partial charge in [0.2, 0.25) is 0 Å². The summed E-state index contributed by atoms with van der Waals surface area (Å²) in [5, 5.41) is 3.18. The molecule has 0 spiro atoms. The highest BCUT2D eigenvalue weighted by Crippen LogP contribution is 2.17. The Balaban J connectivity index is 0.00000400. The average molecular weight is 344 g/mol. The summed E-state index contributed by atoms with van der Waals surface area (Å²) in [6.07, 6.45) is 1.65. The SMILES string of the molecule is CCCN(C1CCNC1)S(=O)(=O)N(C)CCC(=O)OC.Cl. The lowest BCUT2D eigenvalue weighted by molar-refractivity contribution is -0.140. The van der Waals surface area contributed by atoms with Crippen molar-refractivity contribution in [2.75, 3.05) is 40.3 Å². The van der Waals surface area contributed by atoms with Gasteiger partial charge < -0.3 is 10.1 Å². The highest BCUT2D eigenvalue weighted by Gasteiger charge is 2.34. The van der Waals surface area contributed by atoms with Crippen molar-refractivity contribution in [2.24, 2.45) is 0 Å². The molecule has 9 heteroatoms. The molecule has 0 bridgehead atoms. The van der Waals surface area contributed by atoms with Gasteiger partial charge >= 0.3 is 5.97 Å². The standard InChI is InChI=1S/C12H25N3O4S.ClH/c1-4-8-15(11-5-7-13-10-11)20(17,18)14(2)9-6-12(16)19-3;/h11,13H,4-10H2,1-3H3;1H. The van der Waals surface area contributed by atoms with Crippen LogP contribution in [0.5, 0.6) is 0 Å². The monoisotopic (exact) mass is 343 g/mol. The Kier molecular flexibility index (Phi) is 9.39. The number of hydrogen-bond donors (Lipinski definition) is 1. The van der Waals surface area contributed by atoms with Gasteiger partial charge in [0.15, 0.2) is 0 Å². The molecule has 0 saturated carbocycles. The first-order valence-corrected chi connectivity index (χ1v) is 8.33. The molecule has 1 heterocycles. The van der Waals surface area contributed by atoms with Crippen molar-refractivity contribution >= 4 is 28.6 Å².